The van der Waals surface area contributed by atoms with Crippen molar-refractivity contribution in [2.75, 3.05) is 60.6 Å². The van der Waals surface area contributed by atoms with E-state index in [4.69, 9.17) is 9.47 Å². The molecule has 0 aliphatic carbocycles. The number of aliphatic imine (C=N–C) groups is 1. The van der Waals surface area contributed by atoms with E-state index in [0.29, 0.717) is 30.8 Å². The average Bonchev–Trinajstić information content (AvgIpc) is 3.16. The van der Waals surface area contributed by atoms with Gasteiger partial charge in [0.05, 0.1) is 13.2 Å². The van der Waals surface area contributed by atoms with Gasteiger partial charge in [-0.05, 0) is 30.7 Å². The molecule has 1 aromatic rings. The summed E-state index contributed by atoms with van der Waals surface area (Å²) in [7, 11) is 5.31. The minimum Gasteiger partial charge on any atom is -0.492 e. The fraction of sp³-hybridized carbons (Fsp3) is 0.579. The number of nitrogens with one attached hydrogen (secondary N) is 1. The lowest BCUT2D eigenvalue weighted by Crippen LogP contribution is -2.43. The van der Waals surface area contributed by atoms with Crippen LogP contribution in [-0.4, -0.2) is 82.3 Å². The molecule has 0 spiro atoms. The van der Waals surface area contributed by atoms with Crippen LogP contribution in [0.3, 0.4) is 0 Å². The molecule has 1 amide bonds. The molecule has 1 heterocycles. The second kappa shape index (κ2) is 12.8. The number of guanidine groups is 1. The largest absolute Gasteiger partial charge is 0.492 e. The van der Waals surface area contributed by atoms with Crippen LogP contribution in [0.15, 0.2) is 29.3 Å². The van der Waals surface area contributed by atoms with E-state index in [9.17, 15) is 9.18 Å². The van der Waals surface area contributed by atoms with Gasteiger partial charge in [-0.25, -0.2) is 9.38 Å². The van der Waals surface area contributed by atoms with Crippen LogP contribution >= 0.6 is 24.0 Å². The van der Waals surface area contributed by atoms with Crippen molar-refractivity contribution < 1.29 is 18.7 Å². The summed E-state index contributed by atoms with van der Waals surface area (Å²) in [6, 6.07) is 5.92. The maximum absolute atomic E-state index is 12.9. The third-order valence-electron chi connectivity index (χ3n) is 4.31. The van der Waals surface area contributed by atoms with E-state index in [1.54, 1.807) is 26.2 Å². The molecule has 1 aliphatic heterocycles. The number of halogens is 2. The highest BCUT2D eigenvalue weighted by molar-refractivity contribution is 14.0. The van der Waals surface area contributed by atoms with Gasteiger partial charge in [0, 0.05) is 40.2 Å². The topological polar surface area (TPSA) is 66.4 Å². The molecular formula is C19H30FIN4O3. The summed E-state index contributed by atoms with van der Waals surface area (Å²) >= 11 is 0. The smallest absolute Gasteiger partial charge is 0.243 e. The molecule has 1 saturated heterocycles. The third kappa shape index (κ3) is 8.59. The number of likely N-dealkylation sites (N-methyl/N-ethyl adjacent to an activating group) is 2. The molecule has 1 aliphatic rings. The van der Waals surface area contributed by atoms with Gasteiger partial charge in [-0.3, -0.25) is 4.79 Å². The number of hydrogen-bond donors (Lipinski definition) is 1. The minimum atomic E-state index is -0.292. The van der Waals surface area contributed by atoms with E-state index in [1.165, 1.54) is 17.0 Å². The molecule has 158 valence electrons. The quantitative estimate of drug-likeness (QED) is 0.330. The van der Waals surface area contributed by atoms with Crippen LogP contribution in [0, 0.1) is 11.7 Å². The number of benzene rings is 1. The molecule has 0 radical (unpaired) electrons. The minimum absolute atomic E-state index is 0. The summed E-state index contributed by atoms with van der Waals surface area (Å²) in [5.41, 5.74) is 0. The van der Waals surface area contributed by atoms with E-state index in [0.717, 1.165) is 26.2 Å². The summed E-state index contributed by atoms with van der Waals surface area (Å²) in [5.74, 6) is 1.36. The van der Waals surface area contributed by atoms with Crippen LogP contribution in [-0.2, 0) is 9.53 Å². The van der Waals surface area contributed by atoms with Gasteiger partial charge in [-0.1, -0.05) is 0 Å². The Morgan fingerprint density at radius 1 is 1.32 bits per heavy atom. The first-order chi connectivity index (χ1) is 13.0. The van der Waals surface area contributed by atoms with Gasteiger partial charge in [-0.15, -0.1) is 24.0 Å². The highest BCUT2D eigenvalue weighted by Crippen LogP contribution is 2.12. The SMILES string of the molecule is CN(C)C(=O)CN=C(NCC1CCOC1)N(C)CCOc1ccc(F)cc1.I. The standard InChI is InChI=1S/C19H29FN4O3.HI/c1-23(2)18(25)13-22-19(21-12-15-8-10-26-14-15)24(3)9-11-27-17-6-4-16(20)5-7-17;/h4-7,15H,8-14H2,1-3H3,(H,21,22);1H. The number of ether oxygens (including phenoxy) is 2. The van der Waals surface area contributed by atoms with Crippen LogP contribution < -0.4 is 10.1 Å². The molecule has 1 N–H and O–H groups in total. The molecule has 7 nitrogen and oxygen atoms in total. The Balaban J connectivity index is 0.00000392. The molecule has 0 bridgehead atoms. The van der Waals surface area contributed by atoms with E-state index in [1.807, 2.05) is 11.9 Å². The Bertz CT molecular complexity index is 622. The Labute approximate surface area is 183 Å². The van der Waals surface area contributed by atoms with Gasteiger partial charge in [0.25, 0.3) is 0 Å². The van der Waals surface area contributed by atoms with Crippen LogP contribution in [0.1, 0.15) is 6.42 Å². The summed E-state index contributed by atoms with van der Waals surface area (Å²) in [6.07, 6.45) is 1.02. The number of carbonyl (C=O) groups excluding carboxylic acids is 1. The Morgan fingerprint density at radius 2 is 2.04 bits per heavy atom. The monoisotopic (exact) mass is 508 g/mol. The molecule has 1 unspecified atom stereocenters. The van der Waals surface area contributed by atoms with E-state index < -0.39 is 0 Å². The lowest BCUT2D eigenvalue weighted by molar-refractivity contribution is -0.127. The summed E-state index contributed by atoms with van der Waals surface area (Å²) in [6.45, 7) is 3.35. The zero-order valence-corrected chi connectivity index (χ0v) is 19.0. The molecular weight excluding hydrogens is 478 g/mol. The van der Waals surface area contributed by atoms with Crippen LogP contribution in [0.5, 0.6) is 5.75 Å². The normalized spacial score (nSPS) is 16.3. The van der Waals surface area contributed by atoms with Crippen molar-refractivity contribution in [1.82, 2.24) is 15.1 Å². The third-order valence-corrected chi connectivity index (χ3v) is 4.31. The van der Waals surface area contributed by atoms with Crippen molar-refractivity contribution in [3.8, 4) is 5.75 Å². The van der Waals surface area contributed by atoms with Crippen molar-refractivity contribution >= 4 is 35.8 Å². The molecule has 1 aromatic carbocycles. The lowest BCUT2D eigenvalue weighted by atomic mass is 10.1. The first kappa shape index (κ1) is 24.4. The van der Waals surface area contributed by atoms with Crippen LogP contribution in [0.25, 0.3) is 0 Å². The first-order valence-electron chi connectivity index (χ1n) is 9.11. The predicted molar refractivity (Wildman–Crippen MR) is 118 cm³/mol. The molecule has 9 heteroatoms. The fourth-order valence-electron chi connectivity index (χ4n) is 2.51. The predicted octanol–water partition coefficient (Wildman–Crippen LogP) is 1.82. The fourth-order valence-corrected chi connectivity index (χ4v) is 2.51. The highest BCUT2D eigenvalue weighted by atomic mass is 127. The summed E-state index contributed by atoms with van der Waals surface area (Å²) in [4.78, 5) is 19.7. The van der Waals surface area contributed by atoms with Gasteiger partial charge in [0.2, 0.25) is 5.91 Å². The van der Waals surface area contributed by atoms with Gasteiger partial charge >= 0.3 is 0 Å². The van der Waals surface area contributed by atoms with Crippen molar-refractivity contribution in [3.63, 3.8) is 0 Å². The highest BCUT2D eigenvalue weighted by Gasteiger charge is 2.17. The maximum atomic E-state index is 12.9. The van der Waals surface area contributed by atoms with Crippen molar-refractivity contribution in [3.05, 3.63) is 30.1 Å². The average molecular weight is 508 g/mol. The Kier molecular flexibility index (Phi) is 11.1. The van der Waals surface area contributed by atoms with Gasteiger partial charge in [0.15, 0.2) is 5.96 Å². The van der Waals surface area contributed by atoms with Crippen LogP contribution in [0.4, 0.5) is 4.39 Å². The number of rotatable bonds is 8. The van der Waals surface area contributed by atoms with Crippen LogP contribution in [0.2, 0.25) is 0 Å². The number of carbonyl (C=O) groups is 1. The number of amides is 1. The second-order valence-corrected chi connectivity index (χ2v) is 6.76. The van der Waals surface area contributed by atoms with E-state index in [-0.39, 0.29) is 42.2 Å². The molecule has 2 rings (SSSR count). The Hall–Kier alpha value is -1.62. The van der Waals surface area contributed by atoms with E-state index in [2.05, 4.69) is 10.3 Å². The Morgan fingerprint density at radius 3 is 2.64 bits per heavy atom. The maximum Gasteiger partial charge on any atom is 0.243 e. The molecule has 1 atom stereocenters. The molecule has 0 saturated carbocycles. The van der Waals surface area contributed by atoms with Gasteiger partial charge in [0.1, 0.15) is 24.7 Å². The first-order valence-corrected chi connectivity index (χ1v) is 9.11. The lowest BCUT2D eigenvalue weighted by Gasteiger charge is -2.24. The van der Waals surface area contributed by atoms with E-state index >= 15 is 0 Å². The summed E-state index contributed by atoms with van der Waals surface area (Å²) < 4.78 is 24.0. The van der Waals surface area contributed by atoms with Crippen molar-refractivity contribution in [2.24, 2.45) is 10.9 Å². The van der Waals surface area contributed by atoms with Crippen molar-refractivity contribution in [2.45, 2.75) is 6.42 Å². The van der Waals surface area contributed by atoms with Crippen molar-refractivity contribution in [1.29, 1.82) is 0 Å². The molecule has 0 aromatic heterocycles. The van der Waals surface area contributed by atoms with Gasteiger partial charge in [-0.2, -0.15) is 0 Å². The summed E-state index contributed by atoms with van der Waals surface area (Å²) in [5, 5.41) is 3.33. The number of hydrogen-bond acceptors (Lipinski definition) is 4. The molecule has 28 heavy (non-hydrogen) atoms. The zero-order chi connectivity index (χ0) is 19.6. The van der Waals surface area contributed by atoms with Gasteiger partial charge < -0.3 is 24.6 Å². The molecule has 1 fully saturated rings. The number of nitrogens with zero attached hydrogens (tertiary/aromatic N) is 3. The zero-order valence-electron chi connectivity index (χ0n) is 16.7. The second-order valence-electron chi connectivity index (χ2n) is 6.76.